The van der Waals surface area contributed by atoms with Gasteiger partial charge in [0, 0.05) is 0 Å². The van der Waals surface area contributed by atoms with Gasteiger partial charge in [-0.15, -0.1) is 0 Å². The van der Waals surface area contributed by atoms with Crippen LogP contribution >= 0.6 is 0 Å². The molecule has 0 aliphatic rings. The molecule has 0 amide bonds. The van der Waals surface area contributed by atoms with Crippen molar-refractivity contribution in [1.82, 2.24) is 5.32 Å². The third-order valence-corrected chi connectivity index (χ3v) is 1.48. The van der Waals surface area contributed by atoms with Crippen LogP contribution in [-0.2, 0) is 9.53 Å². The van der Waals surface area contributed by atoms with E-state index in [4.69, 9.17) is 5.73 Å². The van der Waals surface area contributed by atoms with Crippen LogP contribution in [0.5, 0.6) is 0 Å². The van der Waals surface area contributed by atoms with Crippen LogP contribution in [0.1, 0.15) is 13.3 Å². The molecule has 0 saturated heterocycles. The number of rotatable bonds is 7. The third-order valence-electron chi connectivity index (χ3n) is 1.48. The molecule has 84 valence electrons. The average Bonchev–Trinajstić information content (AvgIpc) is 2.13. The van der Waals surface area contributed by atoms with Crippen molar-refractivity contribution in [1.29, 1.82) is 0 Å². The molecule has 0 aromatic carbocycles. The van der Waals surface area contributed by atoms with Gasteiger partial charge in [0.2, 0.25) is 0 Å². The molecule has 0 atom stereocenters. The second-order valence-electron chi connectivity index (χ2n) is 2.74. The van der Waals surface area contributed by atoms with Gasteiger partial charge >= 0.3 is 11.9 Å². The van der Waals surface area contributed by atoms with Gasteiger partial charge in [-0.2, -0.15) is 8.78 Å². The minimum Gasteiger partial charge on any atom is -0.462 e. The Bertz CT molecular complexity index is 177. The monoisotopic (exact) mass is 210 g/mol. The van der Waals surface area contributed by atoms with Crippen LogP contribution in [0.2, 0.25) is 0 Å². The zero-order valence-electron chi connectivity index (χ0n) is 8.19. The van der Waals surface area contributed by atoms with Gasteiger partial charge in [0.05, 0.1) is 13.2 Å². The molecule has 0 fully saturated rings. The lowest BCUT2D eigenvalue weighted by atomic mass is 10.3. The minimum atomic E-state index is -3.45. The van der Waals surface area contributed by atoms with Crippen molar-refractivity contribution < 1.29 is 18.3 Å². The summed E-state index contributed by atoms with van der Waals surface area (Å²) >= 11 is 0. The first-order valence-electron chi connectivity index (χ1n) is 4.50. The van der Waals surface area contributed by atoms with Crippen molar-refractivity contribution in [2.45, 2.75) is 19.3 Å². The summed E-state index contributed by atoms with van der Waals surface area (Å²) in [5.74, 6) is -4.94. The van der Waals surface area contributed by atoms with Crippen molar-refractivity contribution in [3.63, 3.8) is 0 Å². The number of carbonyl (C=O) groups excluding carboxylic acids is 1. The quantitative estimate of drug-likeness (QED) is 0.463. The molecule has 0 unspecified atom stereocenters. The summed E-state index contributed by atoms with van der Waals surface area (Å²) in [6.07, 6.45) is 0.596. The summed E-state index contributed by atoms with van der Waals surface area (Å²) in [5.41, 5.74) is 5.17. The van der Waals surface area contributed by atoms with E-state index in [2.05, 4.69) is 10.1 Å². The highest BCUT2D eigenvalue weighted by molar-refractivity contribution is 5.77. The van der Waals surface area contributed by atoms with E-state index >= 15 is 0 Å². The summed E-state index contributed by atoms with van der Waals surface area (Å²) in [5, 5.41) is 2.44. The Morgan fingerprint density at radius 3 is 2.71 bits per heavy atom. The predicted octanol–water partition coefficient (Wildman–Crippen LogP) is 0.123. The molecular formula is C8H16F2N2O2. The van der Waals surface area contributed by atoms with Gasteiger partial charge in [0.1, 0.15) is 0 Å². The summed E-state index contributed by atoms with van der Waals surface area (Å²) in [7, 11) is 0. The van der Waals surface area contributed by atoms with Gasteiger partial charge in [-0.1, -0.05) is 0 Å². The lowest BCUT2D eigenvalue weighted by molar-refractivity contribution is -0.170. The molecule has 0 aromatic heterocycles. The Morgan fingerprint density at radius 1 is 1.57 bits per heavy atom. The molecule has 14 heavy (non-hydrogen) atoms. The van der Waals surface area contributed by atoms with E-state index in [1.54, 1.807) is 0 Å². The maximum absolute atomic E-state index is 12.9. The second-order valence-corrected chi connectivity index (χ2v) is 2.74. The number of alkyl halides is 2. The van der Waals surface area contributed by atoms with Crippen LogP contribution in [0.4, 0.5) is 8.78 Å². The highest BCUT2D eigenvalue weighted by Crippen LogP contribution is 2.13. The molecule has 4 nitrogen and oxygen atoms in total. The first kappa shape index (κ1) is 13.2. The van der Waals surface area contributed by atoms with Crippen molar-refractivity contribution in [3.8, 4) is 0 Å². The first-order valence-corrected chi connectivity index (χ1v) is 4.50. The molecule has 0 aromatic rings. The Kier molecular flexibility index (Phi) is 6.31. The molecule has 0 radical (unpaired) electrons. The van der Waals surface area contributed by atoms with E-state index in [0.717, 1.165) is 0 Å². The highest BCUT2D eigenvalue weighted by Gasteiger charge is 2.39. The number of carbonyl (C=O) groups is 1. The van der Waals surface area contributed by atoms with Gasteiger partial charge in [0.25, 0.3) is 0 Å². The van der Waals surface area contributed by atoms with Crippen molar-refractivity contribution in [3.05, 3.63) is 0 Å². The van der Waals surface area contributed by atoms with E-state index in [9.17, 15) is 13.6 Å². The molecule has 0 heterocycles. The standard InChI is InChI=1S/C8H16F2N2O2/c1-2-14-7(13)8(9,10)6-12-5-3-4-11/h12H,2-6,11H2,1H3. The predicted molar refractivity (Wildman–Crippen MR) is 48.1 cm³/mol. The molecule has 6 heteroatoms. The maximum Gasteiger partial charge on any atom is 0.378 e. The zero-order chi connectivity index (χ0) is 11.0. The molecule has 0 aliphatic carbocycles. The fourth-order valence-corrected chi connectivity index (χ4v) is 0.781. The number of nitrogens with one attached hydrogen (secondary N) is 1. The average molecular weight is 210 g/mol. The van der Waals surface area contributed by atoms with Crippen LogP contribution in [0.3, 0.4) is 0 Å². The Balaban J connectivity index is 3.76. The molecule has 0 spiro atoms. The fraction of sp³-hybridized carbons (Fsp3) is 0.875. The SMILES string of the molecule is CCOC(=O)C(F)(F)CNCCCN. The lowest BCUT2D eigenvalue weighted by Gasteiger charge is -2.14. The lowest BCUT2D eigenvalue weighted by Crippen LogP contribution is -2.41. The second kappa shape index (κ2) is 6.67. The Labute approximate surface area is 81.8 Å². The van der Waals surface area contributed by atoms with Crippen molar-refractivity contribution >= 4 is 5.97 Å². The van der Waals surface area contributed by atoms with Crippen LogP contribution in [0.25, 0.3) is 0 Å². The Hall–Kier alpha value is -0.750. The minimum absolute atomic E-state index is 0.0444. The van der Waals surface area contributed by atoms with Crippen LogP contribution in [-0.4, -0.2) is 38.1 Å². The third kappa shape index (κ3) is 5.08. The number of ether oxygens (including phenoxy) is 1. The summed E-state index contributed by atoms with van der Waals surface area (Å²) < 4.78 is 29.9. The fourth-order valence-electron chi connectivity index (χ4n) is 0.781. The molecule has 0 aliphatic heterocycles. The summed E-state index contributed by atoms with van der Waals surface area (Å²) in [6, 6.07) is 0. The summed E-state index contributed by atoms with van der Waals surface area (Å²) in [4.78, 5) is 10.7. The van der Waals surface area contributed by atoms with Crippen LogP contribution in [0, 0.1) is 0 Å². The Morgan fingerprint density at radius 2 is 2.21 bits per heavy atom. The van der Waals surface area contributed by atoms with Crippen molar-refractivity contribution in [2.75, 3.05) is 26.2 Å². The van der Waals surface area contributed by atoms with E-state index < -0.39 is 18.4 Å². The maximum atomic E-state index is 12.9. The molecule has 0 saturated carbocycles. The van der Waals surface area contributed by atoms with Crippen LogP contribution < -0.4 is 11.1 Å². The number of hydrogen-bond acceptors (Lipinski definition) is 4. The molecule has 3 N–H and O–H groups in total. The highest BCUT2D eigenvalue weighted by atomic mass is 19.3. The van der Waals surface area contributed by atoms with E-state index in [1.807, 2.05) is 0 Å². The van der Waals surface area contributed by atoms with Crippen molar-refractivity contribution in [2.24, 2.45) is 5.73 Å². The normalized spacial score (nSPS) is 11.4. The number of halogens is 2. The summed E-state index contributed by atoms with van der Waals surface area (Å²) in [6.45, 7) is 1.53. The largest absolute Gasteiger partial charge is 0.462 e. The number of hydrogen-bond donors (Lipinski definition) is 2. The smallest absolute Gasteiger partial charge is 0.378 e. The van der Waals surface area contributed by atoms with Crippen LogP contribution in [0.15, 0.2) is 0 Å². The van der Waals surface area contributed by atoms with E-state index in [1.165, 1.54) is 6.92 Å². The van der Waals surface area contributed by atoms with E-state index in [-0.39, 0.29) is 6.61 Å². The molecule has 0 bridgehead atoms. The van der Waals surface area contributed by atoms with Gasteiger partial charge in [-0.3, -0.25) is 0 Å². The molecule has 0 rings (SSSR count). The number of nitrogens with two attached hydrogens (primary N) is 1. The van der Waals surface area contributed by atoms with Gasteiger partial charge in [-0.25, -0.2) is 4.79 Å². The van der Waals surface area contributed by atoms with Gasteiger partial charge < -0.3 is 15.8 Å². The van der Waals surface area contributed by atoms with E-state index in [0.29, 0.717) is 19.5 Å². The van der Waals surface area contributed by atoms with Gasteiger partial charge in [-0.05, 0) is 26.4 Å². The molecular weight excluding hydrogens is 194 g/mol. The number of esters is 1. The zero-order valence-corrected chi connectivity index (χ0v) is 8.19. The topological polar surface area (TPSA) is 64.3 Å². The first-order chi connectivity index (χ1) is 6.54. The van der Waals surface area contributed by atoms with Gasteiger partial charge in [0.15, 0.2) is 0 Å².